The molecule has 0 spiro atoms. The van der Waals surface area contributed by atoms with Crippen LogP contribution in [0.2, 0.25) is 10.0 Å². The number of rotatable bonds is 6. The van der Waals surface area contributed by atoms with Crippen LogP contribution in [0.25, 0.3) is 0 Å². The van der Waals surface area contributed by atoms with E-state index >= 15 is 0 Å². The summed E-state index contributed by atoms with van der Waals surface area (Å²) >= 11 is 18.0. The maximum atomic E-state index is 12.9. The number of imide groups is 1. The van der Waals surface area contributed by atoms with Crippen molar-refractivity contribution in [1.82, 2.24) is 0 Å². The molecule has 3 aromatic rings. The van der Waals surface area contributed by atoms with E-state index in [1.807, 2.05) is 0 Å². The molecule has 1 heterocycles. The van der Waals surface area contributed by atoms with Crippen molar-refractivity contribution in [2.75, 3.05) is 17.3 Å². The van der Waals surface area contributed by atoms with Gasteiger partial charge < -0.3 is 14.8 Å². The minimum absolute atomic E-state index is 0.0854. The number of amides is 2. The Kier molecular flexibility index (Phi) is 6.79. The number of benzene rings is 3. The van der Waals surface area contributed by atoms with Crippen LogP contribution in [-0.2, 0) is 9.59 Å². The van der Waals surface area contributed by atoms with Gasteiger partial charge in [-0.1, -0.05) is 40.9 Å². The highest BCUT2D eigenvalue weighted by Gasteiger charge is 2.39. The van der Waals surface area contributed by atoms with Crippen LogP contribution < -0.4 is 19.7 Å². The van der Waals surface area contributed by atoms with E-state index in [1.54, 1.807) is 42.5 Å². The fraction of sp³-hybridized carbons (Fsp3) is 0.0417. The summed E-state index contributed by atoms with van der Waals surface area (Å²) in [6, 6.07) is 17.1. The van der Waals surface area contributed by atoms with E-state index in [1.165, 1.54) is 31.4 Å². The molecule has 1 aliphatic heterocycles. The molecule has 1 aliphatic rings. The van der Waals surface area contributed by atoms with Gasteiger partial charge in [0, 0.05) is 16.8 Å². The van der Waals surface area contributed by atoms with E-state index in [0.29, 0.717) is 22.1 Å². The molecular formula is C24H15Cl3N2O5. The monoisotopic (exact) mass is 516 g/mol. The number of anilines is 2. The molecule has 1 N–H and O–H groups in total. The first-order chi connectivity index (χ1) is 16.3. The van der Waals surface area contributed by atoms with Crippen molar-refractivity contribution < 1.29 is 23.9 Å². The SMILES string of the molecule is COc1cccc(N2C(=O)C(Cl)=C(Nc3ccc(C(=O)Oc4ccc(Cl)cc4Cl)cc3)C2=O)c1. The second-order valence-electron chi connectivity index (χ2n) is 7.00. The Morgan fingerprint density at radius 2 is 1.65 bits per heavy atom. The van der Waals surface area contributed by atoms with Crippen LogP contribution in [0.15, 0.2) is 77.5 Å². The molecule has 0 aromatic heterocycles. The van der Waals surface area contributed by atoms with Crippen molar-refractivity contribution in [2.24, 2.45) is 0 Å². The number of nitrogens with zero attached hydrogens (tertiary/aromatic N) is 1. The third-order valence-corrected chi connectivity index (χ3v) is 5.71. The highest BCUT2D eigenvalue weighted by atomic mass is 35.5. The average molecular weight is 518 g/mol. The molecule has 7 nitrogen and oxygen atoms in total. The maximum Gasteiger partial charge on any atom is 0.343 e. The second kappa shape index (κ2) is 9.77. The molecule has 2 amide bonds. The summed E-state index contributed by atoms with van der Waals surface area (Å²) in [7, 11) is 1.48. The van der Waals surface area contributed by atoms with Crippen LogP contribution in [0, 0.1) is 0 Å². The van der Waals surface area contributed by atoms with E-state index < -0.39 is 17.8 Å². The highest BCUT2D eigenvalue weighted by molar-refractivity contribution is 6.53. The normalized spacial score (nSPS) is 13.4. The number of carbonyl (C=O) groups is 3. The van der Waals surface area contributed by atoms with Gasteiger partial charge in [0.1, 0.15) is 22.2 Å². The Bertz CT molecular complexity index is 1340. The summed E-state index contributed by atoms with van der Waals surface area (Å²) in [6.07, 6.45) is 0. The quantitative estimate of drug-likeness (QED) is 0.258. The molecule has 172 valence electrons. The zero-order valence-electron chi connectivity index (χ0n) is 17.5. The number of methoxy groups -OCH3 is 1. The number of ether oxygens (including phenoxy) is 2. The molecule has 3 aromatic carbocycles. The first kappa shape index (κ1) is 23.6. The van der Waals surface area contributed by atoms with Crippen LogP contribution in [0.5, 0.6) is 11.5 Å². The van der Waals surface area contributed by atoms with Crippen LogP contribution >= 0.6 is 34.8 Å². The van der Waals surface area contributed by atoms with Crippen LogP contribution in [-0.4, -0.2) is 24.9 Å². The maximum absolute atomic E-state index is 12.9. The van der Waals surface area contributed by atoms with E-state index in [9.17, 15) is 14.4 Å². The first-order valence-electron chi connectivity index (χ1n) is 9.75. The predicted molar refractivity (Wildman–Crippen MR) is 130 cm³/mol. The number of nitrogens with one attached hydrogen (secondary N) is 1. The molecular weight excluding hydrogens is 503 g/mol. The van der Waals surface area contributed by atoms with Crippen LogP contribution in [0.1, 0.15) is 10.4 Å². The van der Waals surface area contributed by atoms with E-state index in [4.69, 9.17) is 44.3 Å². The van der Waals surface area contributed by atoms with Gasteiger partial charge in [0.2, 0.25) is 0 Å². The van der Waals surface area contributed by atoms with Crippen LogP contribution in [0.4, 0.5) is 11.4 Å². The van der Waals surface area contributed by atoms with Crippen molar-refractivity contribution in [3.05, 3.63) is 93.1 Å². The third kappa shape index (κ3) is 4.72. The largest absolute Gasteiger partial charge is 0.497 e. The fourth-order valence-corrected chi connectivity index (χ4v) is 3.81. The molecule has 0 saturated carbocycles. The lowest BCUT2D eigenvalue weighted by Crippen LogP contribution is -2.32. The van der Waals surface area contributed by atoms with Gasteiger partial charge in [-0.3, -0.25) is 9.59 Å². The topological polar surface area (TPSA) is 84.9 Å². The Hall–Kier alpha value is -3.52. The van der Waals surface area contributed by atoms with Crippen molar-refractivity contribution >= 4 is 64.0 Å². The van der Waals surface area contributed by atoms with Crippen molar-refractivity contribution in [3.63, 3.8) is 0 Å². The van der Waals surface area contributed by atoms with E-state index in [-0.39, 0.29) is 27.1 Å². The number of hydrogen-bond acceptors (Lipinski definition) is 6. The molecule has 0 unspecified atom stereocenters. The van der Waals surface area contributed by atoms with Gasteiger partial charge in [0.05, 0.1) is 23.4 Å². The standard InChI is InChI=1S/C24H15Cl3N2O5/c1-33-17-4-2-3-16(12-17)29-22(30)20(27)21(23(29)31)28-15-8-5-13(6-9-15)24(32)34-19-10-7-14(25)11-18(19)26/h2-12,28H,1H3. The fourth-order valence-electron chi connectivity index (χ4n) is 3.15. The molecule has 10 heteroatoms. The zero-order valence-corrected chi connectivity index (χ0v) is 19.7. The molecule has 0 fully saturated rings. The molecule has 34 heavy (non-hydrogen) atoms. The minimum atomic E-state index is -0.664. The minimum Gasteiger partial charge on any atom is -0.497 e. The smallest absolute Gasteiger partial charge is 0.343 e. The molecule has 0 saturated heterocycles. The third-order valence-electron chi connectivity index (χ3n) is 4.83. The lowest BCUT2D eigenvalue weighted by atomic mass is 10.2. The highest BCUT2D eigenvalue weighted by Crippen LogP contribution is 2.32. The summed E-state index contributed by atoms with van der Waals surface area (Å²) in [5.74, 6) is -1.27. The van der Waals surface area contributed by atoms with Crippen molar-refractivity contribution in [1.29, 1.82) is 0 Å². The summed E-state index contributed by atoms with van der Waals surface area (Å²) < 4.78 is 10.4. The van der Waals surface area contributed by atoms with Crippen molar-refractivity contribution in [3.8, 4) is 11.5 Å². The van der Waals surface area contributed by atoms with Gasteiger partial charge in [-0.05, 0) is 54.6 Å². The summed E-state index contributed by atoms with van der Waals surface area (Å²) in [6.45, 7) is 0. The zero-order chi connectivity index (χ0) is 24.4. The van der Waals surface area contributed by atoms with Gasteiger partial charge in [-0.2, -0.15) is 0 Å². The van der Waals surface area contributed by atoms with E-state index in [0.717, 1.165) is 4.90 Å². The summed E-state index contributed by atoms with van der Waals surface area (Å²) in [5, 5.41) is 3.21. The van der Waals surface area contributed by atoms with Crippen molar-refractivity contribution in [2.45, 2.75) is 0 Å². The Labute approximate surface area is 209 Å². The lowest BCUT2D eigenvalue weighted by molar-refractivity contribution is -0.120. The Morgan fingerprint density at radius 1 is 0.912 bits per heavy atom. The molecule has 0 bridgehead atoms. The van der Waals surface area contributed by atoms with Crippen LogP contribution in [0.3, 0.4) is 0 Å². The van der Waals surface area contributed by atoms with Gasteiger partial charge >= 0.3 is 5.97 Å². The van der Waals surface area contributed by atoms with Gasteiger partial charge in [-0.15, -0.1) is 0 Å². The number of esters is 1. The Balaban J connectivity index is 1.49. The van der Waals surface area contributed by atoms with Gasteiger partial charge in [-0.25, -0.2) is 9.69 Å². The van der Waals surface area contributed by atoms with Gasteiger partial charge in [0.25, 0.3) is 11.8 Å². The number of hydrogen-bond donors (Lipinski definition) is 1. The molecule has 0 atom stereocenters. The van der Waals surface area contributed by atoms with Gasteiger partial charge in [0.15, 0.2) is 0 Å². The second-order valence-corrected chi connectivity index (χ2v) is 8.22. The summed E-state index contributed by atoms with van der Waals surface area (Å²) in [4.78, 5) is 38.9. The van der Waals surface area contributed by atoms with E-state index in [2.05, 4.69) is 5.32 Å². The number of carbonyl (C=O) groups excluding carboxylic acids is 3. The predicted octanol–water partition coefficient (Wildman–Crippen LogP) is 5.66. The first-order valence-corrected chi connectivity index (χ1v) is 10.9. The molecule has 0 aliphatic carbocycles. The Morgan fingerprint density at radius 3 is 2.32 bits per heavy atom. The summed E-state index contributed by atoms with van der Waals surface area (Å²) in [5.41, 5.74) is 0.910. The molecule has 0 radical (unpaired) electrons. The molecule has 4 rings (SSSR count). The average Bonchev–Trinajstić information content (AvgIpc) is 3.04. The number of halogens is 3. The lowest BCUT2D eigenvalue weighted by Gasteiger charge is -2.16.